The smallest absolute Gasteiger partial charge is 0.131 e. The zero-order valence-electron chi connectivity index (χ0n) is 11.7. The number of pyridine rings is 1. The van der Waals surface area contributed by atoms with Gasteiger partial charge in [-0.25, -0.2) is 4.39 Å². The molecule has 1 N–H and O–H groups in total. The molecule has 0 saturated heterocycles. The van der Waals surface area contributed by atoms with Gasteiger partial charge in [0.15, 0.2) is 0 Å². The van der Waals surface area contributed by atoms with Gasteiger partial charge in [0.25, 0.3) is 0 Å². The number of nitrogens with zero attached hydrogens (tertiary/aromatic N) is 1. The number of benzene rings is 2. The van der Waals surface area contributed by atoms with Crippen LogP contribution in [0.1, 0.15) is 30.2 Å². The Bertz CT molecular complexity index is 758. The molecule has 2 nitrogen and oxygen atoms in total. The van der Waals surface area contributed by atoms with Crippen LogP contribution in [0.3, 0.4) is 0 Å². The fourth-order valence-electron chi connectivity index (χ4n) is 2.62. The van der Waals surface area contributed by atoms with E-state index in [-0.39, 0.29) is 11.7 Å². The van der Waals surface area contributed by atoms with Crippen LogP contribution in [0.4, 0.5) is 4.39 Å². The average molecular weight is 281 g/mol. The standard InChI is InChI=1S/C18H16FNO/c1-12(17-8-4-5-11-20-17)18(21)15-9-10-16(19)14-7-3-2-6-13(14)15/h2-12,18,21H,1H3. The first kappa shape index (κ1) is 13.7. The fraction of sp³-hybridized carbons (Fsp3) is 0.167. The summed E-state index contributed by atoms with van der Waals surface area (Å²) < 4.78 is 13.9. The van der Waals surface area contributed by atoms with Crippen molar-refractivity contribution in [3.63, 3.8) is 0 Å². The largest absolute Gasteiger partial charge is 0.388 e. The maximum atomic E-state index is 13.9. The van der Waals surface area contributed by atoms with E-state index in [1.165, 1.54) is 6.07 Å². The Kier molecular flexibility index (Phi) is 3.67. The summed E-state index contributed by atoms with van der Waals surface area (Å²) >= 11 is 0. The molecule has 2 aromatic carbocycles. The second-order valence-electron chi connectivity index (χ2n) is 5.17. The second kappa shape index (κ2) is 5.62. The third kappa shape index (κ3) is 2.52. The Morgan fingerprint density at radius 1 is 0.952 bits per heavy atom. The van der Waals surface area contributed by atoms with Crippen LogP contribution in [0.2, 0.25) is 0 Å². The van der Waals surface area contributed by atoms with E-state index in [2.05, 4.69) is 4.98 Å². The van der Waals surface area contributed by atoms with E-state index < -0.39 is 6.10 Å². The predicted octanol–water partition coefficient (Wildman–Crippen LogP) is 4.21. The summed E-state index contributed by atoms with van der Waals surface area (Å²) in [5.74, 6) is -0.438. The third-order valence-corrected chi connectivity index (χ3v) is 3.85. The van der Waals surface area contributed by atoms with Crippen molar-refractivity contribution in [2.75, 3.05) is 0 Å². The van der Waals surface area contributed by atoms with Crippen molar-refractivity contribution in [2.45, 2.75) is 18.9 Å². The molecule has 0 spiro atoms. The van der Waals surface area contributed by atoms with Gasteiger partial charge in [-0.15, -0.1) is 0 Å². The maximum absolute atomic E-state index is 13.9. The predicted molar refractivity (Wildman–Crippen MR) is 81.5 cm³/mol. The molecule has 2 atom stereocenters. The lowest BCUT2D eigenvalue weighted by Crippen LogP contribution is -2.09. The molecule has 0 fully saturated rings. The van der Waals surface area contributed by atoms with Gasteiger partial charge in [0.1, 0.15) is 5.82 Å². The zero-order valence-corrected chi connectivity index (χ0v) is 11.7. The molecule has 2 unspecified atom stereocenters. The molecule has 21 heavy (non-hydrogen) atoms. The lowest BCUT2D eigenvalue weighted by Gasteiger charge is -2.20. The topological polar surface area (TPSA) is 33.1 Å². The third-order valence-electron chi connectivity index (χ3n) is 3.85. The molecular weight excluding hydrogens is 265 g/mol. The lowest BCUT2D eigenvalue weighted by atomic mass is 9.90. The van der Waals surface area contributed by atoms with Crippen LogP contribution in [0.5, 0.6) is 0 Å². The van der Waals surface area contributed by atoms with E-state index in [0.29, 0.717) is 5.39 Å². The lowest BCUT2D eigenvalue weighted by molar-refractivity contribution is 0.151. The summed E-state index contributed by atoms with van der Waals surface area (Å²) in [5, 5.41) is 11.9. The van der Waals surface area contributed by atoms with Gasteiger partial charge in [0, 0.05) is 23.2 Å². The van der Waals surface area contributed by atoms with E-state index in [1.54, 1.807) is 24.4 Å². The van der Waals surface area contributed by atoms with Crippen molar-refractivity contribution in [3.05, 3.63) is 77.9 Å². The molecule has 0 aliphatic rings. The van der Waals surface area contributed by atoms with Gasteiger partial charge in [0.2, 0.25) is 0 Å². The van der Waals surface area contributed by atoms with Crippen LogP contribution >= 0.6 is 0 Å². The molecular formula is C18H16FNO. The van der Waals surface area contributed by atoms with Crippen LogP contribution in [0.15, 0.2) is 60.8 Å². The molecule has 1 aromatic heterocycles. The average Bonchev–Trinajstić information content (AvgIpc) is 2.55. The number of halogens is 1. The summed E-state index contributed by atoms with van der Waals surface area (Å²) in [7, 11) is 0. The van der Waals surface area contributed by atoms with Crippen molar-refractivity contribution >= 4 is 10.8 Å². The van der Waals surface area contributed by atoms with Crippen LogP contribution in [0.25, 0.3) is 10.8 Å². The van der Waals surface area contributed by atoms with Crippen molar-refractivity contribution < 1.29 is 9.50 Å². The van der Waals surface area contributed by atoms with E-state index in [9.17, 15) is 9.50 Å². The quantitative estimate of drug-likeness (QED) is 0.780. The maximum Gasteiger partial charge on any atom is 0.131 e. The van der Waals surface area contributed by atoms with Crippen LogP contribution < -0.4 is 0 Å². The highest BCUT2D eigenvalue weighted by atomic mass is 19.1. The highest BCUT2D eigenvalue weighted by Gasteiger charge is 2.21. The monoisotopic (exact) mass is 281 g/mol. The van der Waals surface area contributed by atoms with Crippen LogP contribution in [-0.2, 0) is 0 Å². The van der Waals surface area contributed by atoms with Gasteiger partial charge >= 0.3 is 0 Å². The minimum Gasteiger partial charge on any atom is -0.388 e. The Morgan fingerprint density at radius 3 is 2.38 bits per heavy atom. The Morgan fingerprint density at radius 2 is 1.67 bits per heavy atom. The van der Waals surface area contributed by atoms with Crippen molar-refractivity contribution in [2.24, 2.45) is 0 Å². The van der Waals surface area contributed by atoms with Crippen molar-refractivity contribution in [1.29, 1.82) is 0 Å². The number of hydrogen-bond donors (Lipinski definition) is 1. The summed E-state index contributed by atoms with van der Waals surface area (Å²) in [6.45, 7) is 1.92. The molecule has 0 aliphatic carbocycles. The first-order valence-corrected chi connectivity index (χ1v) is 6.94. The van der Waals surface area contributed by atoms with Crippen LogP contribution in [0, 0.1) is 5.82 Å². The summed E-state index contributed by atoms with van der Waals surface area (Å²) in [4.78, 5) is 4.29. The highest BCUT2D eigenvalue weighted by Crippen LogP contribution is 2.34. The van der Waals surface area contributed by atoms with E-state index in [1.807, 2.05) is 37.3 Å². The minimum absolute atomic E-state index is 0.167. The van der Waals surface area contributed by atoms with E-state index in [0.717, 1.165) is 16.6 Å². The molecule has 1 heterocycles. The normalized spacial score (nSPS) is 14.0. The molecule has 3 aromatic rings. The first-order valence-electron chi connectivity index (χ1n) is 6.94. The minimum atomic E-state index is -0.731. The fourth-order valence-corrected chi connectivity index (χ4v) is 2.62. The summed E-state index contributed by atoms with van der Waals surface area (Å²) in [6.07, 6.45) is 0.979. The van der Waals surface area contributed by atoms with Gasteiger partial charge in [-0.3, -0.25) is 4.98 Å². The van der Waals surface area contributed by atoms with Gasteiger partial charge in [-0.05, 0) is 29.1 Å². The van der Waals surface area contributed by atoms with E-state index in [4.69, 9.17) is 0 Å². The van der Waals surface area contributed by atoms with Gasteiger partial charge in [-0.1, -0.05) is 43.3 Å². The number of aromatic nitrogens is 1. The van der Waals surface area contributed by atoms with Gasteiger partial charge in [0.05, 0.1) is 6.10 Å². The second-order valence-corrected chi connectivity index (χ2v) is 5.17. The van der Waals surface area contributed by atoms with Gasteiger partial charge in [-0.2, -0.15) is 0 Å². The van der Waals surface area contributed by atoms with Crippen LogP contribution in [-0.4, -0.2) is 10.1 Å². The number of hydrogen-bond acceptors (Lipinski definition) is 2. The first-order chi connectivity index (χ1) is 10.2. The number of rotatable bonds is 3. The number of aliphatic hydroxyl groups is 1. The SMILES string of the molecule is CC(c1ccccn1)C(O)c1ccc(F)c2ccccc12. The Balaban J connectivity index is 2.06. The van der Waals surface area contributed by atoms with E-state index >= 15 is 0 Å². The molecule has 3 heteroatoms. The molecule has 0 aliphatic heterocycles. The highest BCUT2D eigenvalue weighted by molar-refractivity contribution is 5.86. The summed E-state index contributed by atoms with van der Waals surface area (Å²) in [5.41, 5.74) is 1.54. The molecule has 3 rings (SSSR count). The molecule has 0 bridgehead atoms. The van der Waals surface area contributed by atoms with Crippen molar-refractivity contribution in [3.8, 4) is 0 Å². The molecule has 0 amide bonds. The number of aliphatic hydroxyl groups excluding tert-OH is 1. The molecule has 106 valence electrons. The summed E-state index contributed by atoms with van der Waals surface area (Å²) in [6, 6.07) is 15.9. The molecule has 0 saturated carbocycles. The zero-order chi connectivity index (χ0) is 14.8. The molecule has 0 radical (unpaired) electrons. The van der Waals surface area contributed by atoms with Crippen molar-refractivity contribution in [1.82, 2.24) is 4.98 Å². The number of fused-ring (bicyclic) bond motifs is 1. The Hall–Kier alpha value is -2.26. The Labute approximate surface area is 122 Å². The van der Waals surface area contributed by atoms with Gasteiger partial charge < -0.3 is 5.11 Å².